The molecule has 0 radical (unpaired) electrons. The molecule has 0 amide bonds. The highest BCUT2D eigenvalue weighted by Crippen LogP contribution is 2.17. The maximum atomic E-state index is 5.17. The first-order valence-electron chi connectivity index (χ1n) is 4.09. The van der Waals surface area contributed by atoms with Crippen molar-refractivity contribution in [3.63, 3.8) is 0 Å². The average molecular weight is 152 g/mol. The van der Waals surface area contributed by atoms with Crippen LogP contribution in [0.15, 0.2) is 4.52 Å². The van der Waals surface area contributed by atoms with Crippen molar-refractivity contribution in [2.75, 3.05) is 6.54 Å². The van der Waals surface area contributed by atoms with Gasteiger partial charge in [-0.05, 0) is 19.4 Å². The van der Waals surface area contributed by atoms with Crippen LogP contribution in [0.2, 0.25) is 0 Å². The summed E-state index contributed by atoms with van der Waals surface area (Å²) in [5, 5.41) is 7.25. The Balaban J connectivity index is 2.38. The summed E-state index contributed by atoms with van der Waals surface area (Å²) < 4.78 is 5.17. The normalized spacial score (nSPS) is 16.5. The van der Waals surface area contributed by atoms with Crippen molar-refractivity contribution in [3.05, 3.63) is 17.0 Å². The summed E-state index contributed by atoms with van der Waals surface area (Å²) in [6, 6.07) is 0. The smallest absolute Gasteiger partial charge is 0.153 e. The van der Waals surface area contributed by atoms with E-state index in [4.69, 9.17) is 4.52 Å². The van der Waals surface area contributed by atoms with Gasteiger partial charge in [-0.25, -0.2) is 0 Å². The summed E-state index contributed by atoms with van der Waals surface area (Å²) in [4.78, 5) is 0. The Kier molecular flexibility index (Phi) is 1.66. The molecule has 1 aromatic heterocycles. The van der Waals surface area contributed by atoms with Gasteiger partial charge in [0.2, 0.25) is 0 Å². The molecular formula is C8H12N2O. The second-order valence-electron chi connectivity index (χ2n) is 2.81. The zero-order chi connectivity index (χ0) is 7.68. The first kappa shape index (κ1) is 6.85. The first-order valence-corrected chi connectivity index (χ1v) is 4.09. The largest absolute Gasteiger partial charge is 0.359 e. The van der Waals surface area contributed by atoms with E-state index in [0.717, 1.165) is 37.4 Å². The number of hydrogen-bond acceptors (Lipinski definition) is 3. The molecule has 0 unspecified atom stereocenters. The van der Waals surface area contributed by atoms with Gasteiger partial charge in [-0.2, -0.15) is 0 Å². The molecule has 0 spiro atoms. The van der Waals surface area contributed by atoms with Gasteiger partial charge in [0.05, 0.1) is 12.2 Å². The zero-order valence-corrected chi connectivity index (χ0v) is 6.68. The van der Waals surface area contributed by atoms with Crippen LogP contribution < -0.4 is 5.32 Å². The summed E-state index contributed by atoms with van der Waals surface area (Å²) in [7, 11) is 0. The Hall–Kier alpha value is -0.830. The van der Waals surface area contributed by atoms with E-state index in [9.17, 15) is 0 Å². The van der Waals surface area contributed by atoms with E-state index in [0.29, 0.717) is 0 Å². The number of aryl methyl sites for hydroxylation is 1. The number of nitrogens with zero attached hydrogens (tertiary/aromatic N) is 1. The van der Waals surface area contributed by atoms with Crippen molar-refractivity contribution in [1.82, 2.24) is 10.5 Å². The number of hydrogen-bond donors (Lipinski definition) is 1. The molecular weight excluding hydrogens is 140 g/mol. The van der Waals surface area contributed by atoms with Crippen LogP contribution in [0.5, 0.6) is 0 Å². The lowest BCUT2D eigenvalue weighted by atomic mass is 10.1. The van der Waals surface area contributed by atoms with Crippen LogP contribution in [-0.2, 0) is 19.4 Å². The lowest BCUT2D eigenvalue weighted by Crippen LogP contribution is -2.22. The van der Waals surface area contributed by atoms with Crippen molar-refractivity contribution < 1.29 is 4.52 Å². The highest BCUT2D eigenvalue weighted by atomic mass is 16.5. The van der Waals surface area contributed by atoms with Crippen molar-refractivity contribution in [3.8, 4) is 0 Å². The Bertz CT molecular complexity index is 241. The summed E-state index contributed by atoms with van der Waals surface area (Å²) in [6.07, 6.45) is 2.06. The van der Waals surface area contributed by atoms with Gasteiger partial charge in [-0.15, -0.1) is 0 Å². The topological polar surface area (TPSA) is 38.1 Å². The molecule has 2 rings (SSSR count). The first-order chi connectivity index (χ1) is 5.42. The molecule has 0 fully saturated rings. The summed E-state index contributed by atoms with van der Waals surface area (Å²) in [5.74, 6) is 1.04. The Labute approximate surface area is 65.8 Å². The van der Waals surface area contributed by atoms with E-state index in [2.05, 4.69) is 17.4 Å². The minimum Gasteiger partial charge on any atom is -0.359 e. The van der Waals surface area contributed by atoms with E-state index < -0.39 is 0 Å². The van der Waals surface area contributed by atoms with Crippen molar-refractivity contribution in [2.45, 2.75) is 26.3 Å². The minimum atomic E-state index is 0.850. The molecule has 2 heterocycles. The Morgan fingerprint density at radius 3 is 3.36 bits per heavy atom. The number of rotatable bonds is 1. The summed E-state index contributed by atoms with van der Waals surface area (Å²) in [6.45, 7) is 4.02. The van der Waals surface area contributed by atoms with Crippen LogP contribution in [0, 0.1) is 0 Å². The second-order valence-corrected chi connectivity index (χ2v) is 2.81. The molecule has 0 atom stereocenters. The van der Waals surface area contributed by atoms with Crippen molar-refractivity contribution in [2.24, 2.45) is 0 Å². The predicted octanol–water partition coefficient (Wildman–Crippen LogP) is 0.883. The fourth-order valence-electron chi connectivity index (χ4n) is 1.50. The van der Waals surface area contributed by atoms with Gasteiger partial charge in [-0.1, -0.05) is 12.1 Å². The molecule has 0 aromatic carbocycles. The molecule has 0 saturated carbocycles. The molecule has 0 bridgehead atoms. The monoisotopic (exact) mass is 152 g/mol. The van der Waals surface area contributed by atoms with Gasteiger partial charge < -0.3 is 9.84 Å². The molecule has 0 aliphatic carbocycles. The molecule has 1 aliphatic heterocycles. The fraction of sp³-hybridized carbons (Fsp3) is 0.625. The standard InChI is InChI=1S/C8H12N2O/c1-2-7-6-3-4-9-5-8(6)11-10-7/h9H,2-5H2,1H3. The molecule has 3 heteroatoms. The third-order valence-electron chi connectivity index (χ3n) is 2.12. The number of nitrogens with one attached hydrogen (secondary N) is 1. The van der Waals surface area contributed by atoms with Crippen LogP contribution in [0.3, 0.4) is 0 Å². The highest BCUT2D eigenvalue weighted by Gasteiger charge is 2.16. The Morgan fingerprint density at radius 1 is 1.64 bits per heavy atom. The average Bonchev–Trinajstić information content (AvgIpc) is 2.47. The van der Waals surface area contributed by atoms with Crippen LogP contribution in [-0.4, -0.2) is 11.7 Å². The van der Waals surface area contributed by atoms with Gasteiger partial charge >= 0.3 is 0 Å². The van der Waals surface area contributed by atoms with E-state index in [1.807, 2.05) is 0 Å². The molecule has 11 heavy (non-hydrogen) atoms. The minimum absolute atomic E-state index is 0.850. The SMILES string of the molecule is CCc1noc2c1CCNC2. The lowest BCUT2D eigenvalue weighted by Gasteiger charge is -2.09. The molecule has 0 saturated heterocycles. The Morgan fingerprint density at radius 2 is 2.55 bits per heavy atom. The highest BCUT2D eigenvalue weighted by molar-refractivity contribution is 5.25. The van der Waals surface area contributed by atoms with E-state index in [-0.39, 0.29) is 0 Å². The van der Waals surface area contributed by atoms with Gasteiger partial charge in [0.1, 0.15) is 0 Å². The van der Waals surface area contributed by atoms with Crippen LogP contribution in [0.4, 0.5) is 0 Å². The molecule has 1 aliphatic rings. The summed E-state index contributed by atoms with van der Waals surface area (Å²) in [5.41, 5.74) is 2.48. The third kappa shape index (κ3) is 1.05. The second kappa shape index (κ2) is 2.66. The van der Waals surface area contributed by atoms with Gasteiger partial charge in [0, 0.05) is 5.56 Å². The van der Waals surface area contributed by atoms with Gasteiger partial charge in [0.25, 0.3) is 0 Å². The van der Waals surface area contributed by atoms with Crippen LogP contribution in [0.25, 0.3) is 0 Å². The van der Waals surface area contributed by atoms with E-state index in [1.54, 1.807) is 0 Å². The zero-order valence-electron chi connectivity index (χ0n) is 6.68. The van der Waals surface area contributed by atoms with Crippen molar-refractivity contribution in [1.29, 1.82) is 0 Å². The number of aromatic nitrogens is 1. The van der Waals surface area contributed by atoms with Crippen LogP contribution >= 0.6 is 0 Å². The maximum Gasteiger partial charge on any atom is 0.153 e. The maximum absolute atomic E-state index is 5.17. The van der Waals surface area contributed by atoms with E-state index >= 15 is 0 Å². The quantitative estimate of drug-likeness (QED) is 0.649. The third-order valence-corrected chi connectivity index (χ3v) is 2.12. The molecule has 3 nitrogen and oxygen atoms in total. The van der Waals surface area contributed by atoms with Crippen LogP contribution in [0.1, 0.15) is 23.9 Å². The predicted molar refractivity (Wildman–Crippen MR) is 41.3 cm³/mol. The molecule has 1 N–H and O–H groups in total. The van der Waals surface area contributed by atoms with Gasteiger partial charge in [-0.3, -0.25) is 0 Å². The fourth-order valence-corrected chi connectivity index (χ4v) is 1.50. The lowest BCUT2D eigenvalue weighted by molar-refractivity contribution is 0.362. The number of fused-ring (bicyclic) bond motifs is 1. The summed E-state index contributed by atoms with van der Waals surface area (Å²) >= 11 is 0. The van der Waals surface area contributed by atoms with Gasteiger partial charge in [0.15, 0.2) is 5.76 Å². The molecule has 60 valence electrons. The van der Waals surface area contributed by atoms with E-state index in [1.165, 1.54) is 5.56 Å². The molecule has 1 aromatic rings. The van der Waals surface area contributed by atoms with Crippen molar-refractivity contribution >= 4 is 0 Å².